The highest BCUT2D eigenvalue weighted by atomic mass is 16.7. The highest BCUT2D eigenvalue weighted by Crippen LogP contribution is 2.37. The lowest BCUT2D eigenvalue weighted by molar-refractivity contribution is 0.00578. The minimum Gasteiger partial charge on any atom is -0.399 e. The molecule has 7 nitrogen and oxygen atoms in total. The van der Waals surface area contributed by atoms with Crippen LogP contribution in [0.1, 0.15) is 46.7 Å². The average molecular weight is 405 g/mol. The normalized spacial score (nSPS) is 24.8. The van der Waals surface area contributed by atoms with E-state index >= 15 is 0 Å². The molecular formula is C22H28BN5O2. The highest BCUT2D eigenvalue weighted by Gasteiger charge is 2.51. The molecule has 1 saturated heterocycles. The van der Waals surface area contributed by atoms with Crippen LogP contribution >= 0.6 is 0 Å². The number of nitriles is 1. The van der Waals surface area contributed by atoms with Crippen LogP contribution in [-0.4, -0.2) is 39.9 Å². The molecule has 0 bridgehead atoms. The number of hydrogen-bond acceptors (Lipinski definition) is 6. The smallest absolute Gasteiger partial charge is 0.399 e. The summed E-state index contributed by atoms with van der Waals surface area (Å²) >= 11 is 0. The van der Waals surface area contributed by atoms with Gasteiger partial charge in [-0.25, -0.2) is 0 Å². The number of rotatable bonds is 4. The van der Waals surface area contributed by atoms with Crippen molar-refractivity contribution in [3.63, 3.8) is 0 Å². The van der Waals surface area contributed by atoms with Crippen molar-refractivity contribution in [2.45, 2.75) is 58.3 Å². The van der Waals surface area contributed by atoms with Crippen molar-refractivity contribution in [1.29, 1.82) is 5.26 Å². The summed E-state index contributed by atoms with van der Waals surface area (Å²) in [5, 5.41) is 20.7. The minimum atomic E-state index is -0.399. The molecule has 1 aromatic heterocycles. The molecule has 0 spiro atoms. The maximum Gasteiger partial charge on any atom is 0.494 e. The lowest BCUT2D eigenvalue weighted by Crippen LogP contribution is -2.41. The van der Waals surface area contributed by atoms with Crippen molar-refractivity contribution in [3.05, 3.63) is 42.2 Å². The third-order valence-corrected chi connectivity index (χ3v) is 6.50. The Hall–Kier alpha value is -2.63. The van der Waals surface area contributed by atoms with Gasteiger partial charge in [0.2, 0.25) is 0 Å². The molecule has 3 heterocycles. The summed E-state index contributed by atoms with van der Waals surface area (Å²) in [7, 11) is 1.49. The fraction of sp³-hybridized carbons (Fsp3) is 0.500. The van der Waals surface area contributed by atoms with E-state index in [1.165, 1.54) is 0 Å². The van der Waals surface area contributed by atoms with E-state index in [2.05, 4.69) is 18.1 Å². The van der Waals surface area contributed by atoms with E-state index < -0.39 is 7.12 Å². The van der Waals surface area contributed by atoms with Crippen LogP contribution in [0.4, 0.5) is 5.69 Å². The molecule has 8 heteroatoms. The van der Waals surface area contributed by atoms with Crippen LogP contribution in [-0.2, 0) is 16.4 Å². The van der Waals surface area contributed by atoms with Gasteiger partial charge in [0.1, 0.15) is 5.69 Å². The first-order chi connectivity index (χ1) is 14.1. The van der Waals surface area contributed by atoms with Gasteiger partial charge in [-0.2, -0.15) is 15.5 Å². The number of aryl methyl sites for hydroxylation is 1. The molecular weight excluding hydrogens is 377 g/mol. The monoisotopic (exact) mass is 405 g/mol. The molecule has 0 aliphatic carbocycles. The molecule has 30 heavy (non-hydrogen) atoms. The van der Waals surface area contributed by atoms with Crippen LogP contribution in [0.5, 0.6) is 0 Å². The quantitative estimate of drug-likeness (QED) is 0.732. The van der Waals surface area contributed by atoms with Gasteiger partial charge in [-0.1, -0.05) is 19.1 Å². The molecule has 2 atom stereocenters. The Morgan fingerprint density at radius 3 is 2.27 bits per heavy atom. The van der Waals surface area contributed by atoms with E-state index in [9.17, 15) is 5.26 Å². The van der Waals surface area contributed by atoms with E-state index in [0.717, 1.165) is 22.6 Å². The average Bonchev–Trinajstić information content (AvgIpc) is 3.31. The van der Waals surface area contributed by atoms with Gasteiger partial charge in [-0.3, -0.25) is 9.69 Å². The Morgan fingerprint density at radius 1 is 1.10 bits per heavy atom. The van der Waals surface area contributed by atoms with Crippen molar-refractivity contribution in [3.8, 4) is 6.07 Å². The lowest BCUT2D eigenvalue weighted by atomic mass is 9.79. The van der Waals surface area contributed by atoms with Crippen molar-refractivity contribution < 1.29 is 9.31 Å². The predicted octanol–water partition coefficient (Wildman–Crippen LogP) is 2.86. The lowest BCUT2D eigenvalue weighted by Gasteiger charge is -2.32. The van der Waals surface area contributed by atoms with Crippen molar-refractivity contribution in [2.24, 2.45) is 18.1 Å². The fourth-order valence-corrected chi connectivity index (χ4v) is 3.88. The second kappa shape index (κ2) is 7.26. The molecule has 0 saturated carbocycles. The number of aromatic nitrogens is 2. The number of nitrogens with zero attached hydrogens (tertiary/aromatic N) is 5. The summed E-state index contributed by atoms with van der Waals surface area (Å²) in [6.07, 6.45) is 2.30. The van der Waals surface area contributed by atoms with Crippen LogP contribution < -0.4 is 10.5 Å². The number of hydrogen-bond donors (Lipinski definition) is 0. The van der Waals surface area contributed by atoms with Crippen molar-refractivity contribution in [2.75, 3.05) is 5.01 Å². The van der Waals surface area contributed by atoms with Gasteiger partial charge in [-0.15, -0.1) is 0 Å². The summed E-state index contributed by atoms with van der Waals surface area (Å²) in [6.45, 7) is 10.3. The summed E-state index contributed by atoms with van der Waals surface area (Å²) in [4.78, 5) is 0. The number of benzene rings is 1. The zero-order chi connectivity index (χ0) is 21.7. The van der Waals surface area contributed by atoms with Gasteiger partial charge in [0.05, 0.1) is 41.1 Å². The molecule has 0 amide bonds. The van der Waals surface area contributed by atoms with Gasteiger partial charge >= 0.3 is 7.12 Å². The Bertz CT molecular complexity index is 989. The van der Waals surface area contributed by atoms with Gasteiger partial charge in [0.25, 0.3) is 0 Å². The molecule has 1 aromatic carbocycles. The van der Waals surface area contributed by atoms with E-state index in [4.69, 9.17) is 14.4 Å². The van der Waals surface area contributed by atoms with Gasteiger partial charge in [-0.05, 0) is 51.4 Å². The molecule has 1 fully saturated rings. The molecule has 2 aliphatic heterocycles. The fourth-order valence-electron chi connectivity index (χ4n) is 3.88. The minimum absolute atomic E-state index is 0.0327. The van der Waals surface area contributed by atoms with Crippen molar-refractivity contribution >= 4 is 24.0 Å². The zero-order valence-corrected chi connectivity index (χ0v) is 18.5. The van der Waals surface area contributed by atoms with E-state index in [1.807, 2.05) is 76.3 Å². The largest absolute Gasteiger partial charge is 0.494 e. The first-order valence-electron chi connectivity index (χ1n) is 10.3. The second-order valence-corrected chi connectivity index (χ2v) is 9.10. The number of hydrazone groups is 1. The Labute approximate surface area is 178 Å². The van der Waals surface area contributed by atoms with Gasteiger partial charge in [0.15, 0.2) is 0 Å². The van der Waals surface area contributed by atoms with E-state index in [1.54, 1.807) is 4.68 Å². The van der Waals surface area contributed by atoms with Crippen LogP contribution in [0.15, 0.2) is 41.6 Å². The van der Waals surface area contributed by atoms with Crippen LogP contribution in [0.3, 0.4) is 0 Å². The Morgan fingerprint density at radius 2 is 1.73 bits per heavy atom. The topological polar surface area (TPSA) is 75.7 Å². The summed E-state index contributed by atoms with van der Waals surface area (Å²) in [5.74, 6) is 0.0994. The zero-order valence-electron chi connectivity index (χ0n) is 18.5. The molecule has 156 valence electrons. The highest BCUT2D eigenvalue weighted by molar-refractivity contribution is 6.62. The first kappa shape index (κ1) is 20.6. The van der Waals surface area contributed by atoms with Crippen LogP contribution in [0, 0.1) is 17.2 Å². The predicted molar refractivity (Wildman–Crippen MR) is 118 cm³/mol. The molecule has 2 aliphatic rings. The van der Waals surface area contributed by atoms with Crippen molar-refractivity contribution in [1.82, 2.24) is 9.78 Å². The molecule has 0 N–H and O–H groups in total. The number of anilines is 1. The van der Waals surface area contributed by atoms with Crippen LogP contribution in [0.2, 0.25) is 0 Å². The standard InChI is InChI=1S/C22H28BN5O2/c1-15-19(11-13-24)28(26-20(15)18-12-14-27(6)25-18)17-9-7-16(8-10-17)23-29-21(2,3)22(4,5)30-23/h7-10,12,14-15,19H,11H2,1-6H3. The summed E-state index contributed by atoms with van der Waals surface area (Å²) in [6, 6.07) is 12.3. The SMILES string of the molecule is CC1C(c2ccn(C)n2)=NN(c2ccc(B3OC(C)(C)C(C)(C)O3)cc2)C1CC#N. The first-order valence-corrected chi connectivity index (χ1v) is 10.3. The van der Waals surface area contributed by atoms with E-state index in [0.29, 0.717) is 6.42 Å². The summed E-state index contributed by atoms with van der Waals surface area (Å²) < 4.78 is 14.1. The Balaban J connectivity index is 1.61. The maximum atomic E-state index is 9.38. The molecule has 4 rings (SSSR count). The molecule has 2 aromatic rings. The molecule has 0 radical (unpaired) electrons. The van der Waals surface area contributed by atoms with Gasteiger partial charge in [0, 0.05) is 19.2 Å². The second-order valence-electron chi connectivity index (χ2n) is 9.10. The Kier molecular flexibility index (Phi) is 4.99. The third-order valence-electron chi connectivity index (χ3n) is 6.50. The van der Waals surface area contributed by atoms with Crippen LogP contribution in [0.25, 0.3) is 0 Å². The maximum absolute atomic E-state index is 9.38. The third kappa shape index (κ3) is 3.42. The van der Waals surface area contributed by atoms with E-state index in [-0.39, 0.29) is 23.2 Å². The summed E-state index contributed by atoms with van der Waals surface area (Å²) in [5.41, 5.74) is 2.92. The van der Waals surface area contributed by atoms with Gasteiger partial charge < -0.3 is 9.31 Å². The molecule has 2 unspecified atom stereocenters.